The summed E-state index contributed by atoms with van der Waals surface area (Å²) in [7, 11) is 3.42. The van der Waals surface area contributed by atoms with Crippen molar-refractivity contribution in [3.63, 3.8) is 0 Å². The van der Waals surface area contributed by atoms with E-state index in [1.165, 1.54) is 11.3 Å². The quantitative estimate of drug-likeness (QED) is 0.341. The Balaban J connectivity index is 1.65. The average molecular weight is 479 g/mol. The summed E-state index contributed by atoms with van der Waals surface area (Å²) in [5.74, 6) is 1.20. The van der Waals surface area contributed by atoms with Gasteiger partial charge in [-0.3, -0.25) is 4.79 Å². The Morgan fingerprint density at radius 1 is 1.09 bits per heavy atom. The van der Waals surface area contributed by atoms with E-state index < -0.39 is 0 Å². The number of carbonyl (C=O) groups excluding carboxylic acids is 1. The third kappa shape index (κ3) is 4.66. The molecule has 1 N–H and O–H groups in total. The molecular formula is C27H30N2O4S. The number of benzene rings is 2. The van der Waals surface area contributed by atoms with Crippen LogP contribution < -0.4 is 10.3 Å². The van der Waals surface area contributed by atoms with Gasteiger partial charge in [-0.1, -0.05) is 45.0 Å². The number of aromatic nitrogens is 1. The van der Waals surface area contributed by atoms with Gasteiger partial charge in [-0.25, -0.2) is 4.79 Å². The minimum atomic E-state index is -0.300. The average Bonchev–Trinajstić information content (AvgIpc) is 3.32. The second-order valence-corrected chi connectivity index (χ2v) is 9.97. The normalized spacial score (nSPS) is 12.3. The molecule has 1 amide bonds. The summed E-state index contributed by atoms with van der Waals surface area (Å²) in [6.45, 7) is 7.11. The smallest absolute Gasteiger partial charge is 0.409 e. The lowest BCUT2D eigenvalue weighted by Gasteiger charge is -2.22. The maximum atomic E-state index is 12.5. The number of amides is 1. The topological polar surface area (TPSA) is 71.6 Å². The number of likely N-dealkylation sites (N-methyl/N-ethyl adjacent to an activating group) is 1. The Morgan fingerprint density at radius 3 is 2.50 bits per heavy atom. The van der Waals surface area contributed by atoms with Crippen molar-refractivity contribution in [2.75, 3.05) is 27.3 Å². The molecule has 7 heteroatoms. The van der Waals surface area contributed by atoms with Gasteiger partial charge in [0.05, 0.1) is 13.7 Å². The van der Waals surface area contributed by atoms with Crippen molar-refractivity contribution in [1.82, 2.24) is 9.88 Å². The van der Waals surface area contributed by atoms with Crippen LogP contribution in [0.3, 0.4) is 0 Å². The lowest BCUT2D eigenvalue weighted by atomic mass is 9.94. The first-order valence-corrected chi connectivity index (χ1v) is 12.3. The van der Waals surface area contributed by atoms with Crippen LogP contribution in [-0.4, -0.2) is 43.3 Å². The molecule has 0 aliphatic carbocycles. The molecule has 1 atom stereocenters. The number of fused-ring (bicyclic) bond motifs is 3. The largest absolute Gasteiger partial charge is 0.496 e. The molecule has 0 aliphatic rings. The highest BCUT2D eigenvalue weighted by Gasteiger charge is 2.18. The summed E-state index contributed by atoms with van der Waals surface area (Å²) in [6, 6.07) is 14.1. The van der Waals surface area contributed by atoms with Crippen molar-refractivity contribution in [1.29, 1.82) is 0 Å². The number of nitrogens with zero attached hydrogens (tertiary/aromatic N) is 1. The number of H-pyrrole nitrogens is 1. The molecule has 0 fully saturated rings. The molecule has 178 valence electrons. The molecular weight excluding hydrogens is 448 g/mol. The first-order chi connectivity index (χ1) is 16.3. The number of rotatable bonds is 7. The lowest BCUT2D eigenvalue weighted by molar-refractivity contribution is 0.0985. The Bertz CT molecular complexity index is 1370. The van der Waals surface area contributed by atoms with Gasteiger partial charge in [0, 0.05) is 35.4 Å². The van der Waals surface area contributed by atoms with E-state index in [9.17, 15) is 9.59 Å². The Morgan fingerprint density at radius 2 is 1.82 bits per heavy atom. The maximum absolute atomic E-state index is 12.5. The minimum Gasteiger partial charge on any atom is -0.496 e. The first kappa shape index (κ1) is 23.8. The highest BCUT2D eigenvalue weighted by atomic mass is 32.1. The monoisotopic (exact) mass is 478 g/mol. The molecule has 4 rings (SSSR count). The molecule has 1 unspecified atom stereocenters. The molecule has 6 nitrogen and oxygen atoms in total. The van der Waals surface area contributed by atoms with Gasteiger partial charge in [0.25, 0.3) is 5.56 Å². The van der Waals surface area contributed by atoms with E-state index in [0.717, 1.165) is 38.7 Å². The number of methoxy groups -OCH3 is 1. The Kier molecular flexibility index (Phi) is 6.93. The van der Waals surface area contributed by atoms with Crippen molar-refractivity contribution in [3.8, 4) is 16.9 Å². The highest BCUT2D eigenvalue weighted by molar-refractivity contribution is 7.17. The predicted octanol–water partition coefficient (Wildman–Crippen LogP) is 6.25. The van der Waals surface area contributed by atoms with E-state index in [2.05, 4.69) is 36.2 Å². The Hall–Kier alpha value is -3.32. The molecule has 0 saturated carbocycles. The molecule has 4 aromatic rings. The minimum absolute atomic E-state index is 0.0752. The lowest BCUT2D eigenvalue weighted by Crippen LogP contribution is -2.31. The highest BCUT2D eigenvalue weighted by Crippen LogP contribution is 2.40. The third-order valence-corrected chi connectivity index (χ3v) is 6.86. The molecule has 0 bridgehead atoms. The summed E-state index contributed by atoms with van der Waals surface area (Å²) in [5.41, 5.74) is 3.79. The zero-order valence-electron chi connectivity index (χ0n) is 20.2. The van der Waals surface area contributed by atoms with Crippen molar-refractivity contribution in [3.05, 3.63) is 63.8 Å². The molecule has 0 radical (unpaired) electrons. The number of hydrogen-bond donors (Lipinski definition) is 1. The molecule has 0 saturated heterocycles. The molecule has 2 aromatic carbocycles. The van der Waals surface area contributed by atoms with Crippen LogP contribution in [0.2, 0.25) is 0 Å². The fourth-order valence-electron chi connectivity index (χ4n) is 4.20. The number of ether oxygens (including phenoxy) is 2. The Labute approximate surface area is 203 Å². The van der Waals surface area contributed by atoms with E-state index in [0.29, 0.717) is 23.8 Å². The molecule has 0 aliphatic heterocycles. The van der Waals surface area contributed by atoms with Gasteiger partial charge in [0.15, 0.2) is 0 Å². The van der Waals surface area contributed by atoms with Crippen LogP contribution in [0.25, 0.3) is 32.1 Å². The zero-order valence-corrected chi connectivity index (χ0v) is 21.0. The summed E-state index contributed by atoms with van der Waals surface area (Å²) in [5, 5.41) is 3.84. The molecule has 0 spiro atoms. The summed E-state index contributed by atoms with van der Waals surface area (Å²) in [4.78, 5) is 29.3. The van der Waals surface area contributed by atoms with Gasteiger partial charge >= 0.3 is 6.09 Å². The number of carbonyl (C=O) groups is 1. The van der Waals surface area contributed by atoms with Gasteiger partial charge < -0.3 is 19.4 Å². The predicted molar refractivity (Wildman–Crippen MR) is 139 cm³/mol. The number of pyridine rings is 1. The van der Waals surface area contributed by atoms with E-state index in [4.69, 9.17) is 9.47 Å². The summed E-state index contributed by atoms with van der Waals surface area (Å²) >= 11 is 1.44. The van der Waals surface area contributed by atoms with Gasteiger partial charge in [0.1, 0.15) is 10.4 Å². The van der Waals surface area contributed by atoms with Gasteiger partial charge in [0.2, 0.25) is 0 Å². The fourth-order valence-corrected chi connectivity index (χ4v) is 5.00. The second kappa shape index (κ2) is 9.89. The molecule has 2 aromatic heterocycles. The van der Waals surface area contributed by atoms with E-state index in [1.54, 1.807) is 19.1 Å². The number of aromatic amines is 1. The maximum Gasteiger partial charge on any atom is 0.409 e. The van der Waals surface area contributed by atoms with E-state index >= 15 is 0 Å². The molecule has 34 heavy (non-hydrogen) atoms. The summed E-state index contributed by atoms with van der Waals surface area (Å²) < 4.78 is 11.8. The van der Waals surface area contributed by atoms with Gasteiger partial charge in [-0.15, -0.1) is 11.3 Å². The second-order valence-electron chi connectivity index (χ2n) is 9.06. The number of thiophene rings is 1. The van der Waals surface area contributed by atoms with Crippen LogP contribution in [0.1, 0.15) is 32.3 Å². The number of hydrogen-bond acceptors (Lipinski definition) is 5. The van der Waals surface area contributed by atoms with E-state index in [-0.39, 0.29) is 17.6 Å². The van der Waals surface area contributed by atoms with E-state index in [1.807, 2.05) is 37.4 Å². The van der Waals surface area contributed by atoms with Crippen molar-refractivity contribution >= 4 is 38.4 Å². The van der Waals surface area contributed by atoms with Crippen LogP contribution >= 0.6 is 11.3 Å². The van der Waals surface area contributed by atoms with Crippen molar-refractivity contribution in [2.45, 2.75) is 26.7 Å². The van der Waals surface area contributed by atoms with Crippen molar-refractivity contribution in [2.24, 2.45) is 5.92 Å². The van der Waals surface area contributed by atoms with Crippen molar-refractivity contribution < 1.29 is 14.3 Å². The van der Waals surface area contributed by atoms with Crippen LogP contribution in [-0.2, 0) is 4.74 Å². The fraction of sp³-hybridized carbons (Fsp3) is 0.333. The summed E-state index contributed by atoms with van der Waals surface area (Å²) in [6.07, 6.45) is -0.300. The molecule has 2 heterocycles. The van der Waals surface area contributed by atoms with Gasteiger partial charge in [-0.05, 0) is 46.5 Å². The SMILES string of the molecule is COc1ccc2[nH]c(=O)c3sccc3c2c1-c1ccc(C(C)CN(C)C(=O)OCC(C)C)cc1. The van der Waals surface area contributed by atoms with Crippen LogP contribution in [0.5, 0.6) is 5.75 Å². The standard InChI is InChI=1S/C27H30N2O4S/c1-16(2)15-33-27(31)29(4)14-17(3)18-6-8-19(9-7-18)23-22(32-5)11-10-21-24(23)20-12-13-34-25(20)26(30)28-21/h6-13,16-17H,14-15H2,1-5H3,(H,28,30). The third-order valence-electron chi connectivity index (χ3n) is 5.94. The number of nitrogens with one attached hydrogen (secondary N) is 1. The van der Waals surface area contributed by atoms with Crippen LogP contribution in [0, 0.1) is 5.92 Å². The zero-order chi connectivity index (χ0) is 24.4. The first-order valence-electron chi connectivity index (χ1n) is 11.4. The van der Waals surface area contributed by atoms with Gasteiger partial charge in [-0.2, -0.15) is 0 Å². The van der Waals surface area contributed by atoms with Crippen LogP contribution in [0.15, 0.2) is 52.6 Å². The van der Waals surface area contributed by atoms with Crippen LogP contribution in [0.4, 0.5) is 4.79 Å².